The van der Waals surface area contributed by atoms with Gasteiger partial charge >= 0.3 is 0 Å². The Morgan fingerprint density at radius 2 is 1.83 bits per heavy atom. The highest BCUT2D eigenvalue weighted by atomic mass is 14.7. The van der Waals surface area contributed by atoms with E-state index >= 15 is 0 Å². The van der Waals surface area contributed by atoms with Gasteiger partial charge in [0.15, 0.2) is 0 Å². The highest BCUT2D eigenvalue weighted by molar-refractivity contribution is 5.11. The topological polar surface area (TPSA) is 26.0 Å². The molecule has 4 fully saturated rings. The van der Waals surface area contributed by atoms with E-state index < -0.39 is 0 Å². The van der Waals surface area contributed by atoms with Crippen LogP contribution in [0.25, 0.3) is 0 Å². The van der Waals surface area contributed by atoms with Gasteiger partial charge in [0, 0.05) is 0 Å². The SMILES string of the molecule is NCC12[CH]C3CC(CC(C3)C1)C2. The third-order valence-electron chi connectivity index (χ3n) is 4.33. The largest absolute Gasteiger partial charge is 0.330 e. The van der Waals surface area contributed by atoms with Crippen molar-refractivity contribution in [3.05, 3.63) is 6.42 Å². The molecule has 12 heavy (non-hydrogen) atoms. The Morgan fingerprint density at radius 3 is 2.33 bits per heavy atom. The number of rotatable bonds is 1. The van der Waals surface area contributed by atoms with Crippen molar-refractivity contribution < 1.29 is 0 Å². The highest BCUT2D eigenvalue weighted by Crippen LogP contribution is 2.58. The van der Waals surface area contributed by atoms with Gasteiger partial charge in [0.05, 0.1) is 0 Å². The third kappa shape index (κ3) is 0.891. The molecule has 67 valence electrons. The van der Waals surface area contributed by atoms with Crippen LogP contribution in [0.2, 0.25) is 0 Å². The number of nitrogens with two attached hydrogens (primary N) is 1. The summed E-state index contributed by atoms with van der Waals surface area (Å²) >= 11 is 0. The fraction of sp³-hybridized carbons (Fsp3) is 0.909. The first-order valence-electron chi connectivity index (χ1n) is 5.36. The second-order valence-electron chi connectivity index (χ2n) is 5.34. The van der Waals surface area contributed by atoms with E-state index in [4.69, 9.17) is 5.73 Å². The fourth-order valence-corrected chi connectivity index (χ4v) is 4.19. The minimum atomic E-state index is 0.495. The molecule has 2 unspecified atom stereocenters. The summed E-state index contributed by atoms with van der Waals surface area (Å²) in [6.45, 7) is 0.913. The maximum absolute atomic E-state index is 5.90. The van der Waals surface area contributed by atoms with Gasteiger partial charge < -0.3 is 5.73 Å². The molecule has 4 bridgehead atoms. The molecule has 4 aliphatic rings. The van der Waals surface area contributed by atoms with Crippen LogP contribution < -0.4 is 5.73 Å². The lowest BCUT2D eigenvalue weighted by Gasteiger charge is -2.56. The zero-order valence-electron chi connectivity index (χ0n) is 7.63. The third-order valence-corrected chi connectivity index (χ3v) is 4.33. The van der Waals surface area contributed by atoms with E-state index in [9.17, 15) is 0 Å². The van der Waals surface area contributed by atoms with E-state index in [0.717, 1.165) is 24.3 Å². The van der Waals surface area contributed by atoms with Crippen LogP contribution in [-0.4, -0.2) is 6.54 Å². The van der Waals surface area contributed by atoms with Crippen LogP contribution in [0.3, 0.4) is 0 Å². The lowest BCUT2D eigenvalue weighted by Crippen LogP contribution is -2.49. The standard InChI is InChI=1S/C11H18N/c12-7-11-4-8-1-9(5-11)3-10(2-8)6-11/h4,8-10H,1-3,5-7,12H2. The molecular formula is C11H18N. The molecule has 0 spiro atoms. The van der Waals surface area contributed by atoms with E-state index in [2.05, 4.69) is 6.42 Å². The first kappa shape index (κ1) is 7.37. The molecule has 4 aliphatic carbocycles. The van der Waals surface area contributed by atoms with Gasteiger partial charge in [0.1, 0.15) is 0 Å². The van der Waals surface area contributed by atoms with Crippen molar-refractivity contribution in [2.24, 2.45) is 28.9 Å². The van der Waals surface area contributed by atoms with Crippen molar-refractivity contribution in [3.8, 4) is 0 Å². The van der Waals surface area contributed by atoms with Crippen LogP contribution in [0.1, 0.15) is 32.1 Å². The second-order valence-corrected chi connectivity index (χ2v) is 5.34. The summed E-state index contributed by atoms with van der Waals surface area (Å²) in [5.41, 5.74) is 6.39. The molecule has 0 aromatic heterocycles. The Bertz CT molecular complexity index is 162. The molecular weight excluding hydrogens is 146 g/mol. The lowest BCUT2D eigenvalue weighted by molar-refractivity contribution is 0.00244. The molecule has 0 aromatic carbocycles. The van der Waals surface area contributed by atoms with Crippen molar-refractivity contribution in [2.75, 3.05) is 6.54 Å². The highest BCUT2D eigenvalue weighted by Gasteiger charge is 2.50. The summed E-state index contributed by atoms with van der Waals surface area (Å²) in [4.78, 5) is 0. The number of hydrogen-bond acceptors (Lipinski definition) is 1. The Hall–Kier alpha value is -0.0400. The van der Waals surface area contributed by atoms with Crippen molar-refractivity contribution in [2.45, 2.75) is 32.1 Å². The minimum Gasteiger partial charge on any atom is -0.330 e. The van der Waals surface area contributed by atoms with Gasteiger partial charge in [0.25, 0.3) is 0 Å². The molecule has 2 atom stereocenters. The first-order valence-corrected chi connectivity index (χ1v) is 5.36. The molecule has 1 nitrogen and oxygen atoms in total. The van der Waals surface area contributed by atoms with E-state index in [1.54, 1.807) is 0 Å². The maximum Gasteiger partial charge on any atom is -0.00175 e. The van der Waals surface area contributed by atoms with Crippen molar-refractivity contribution in [1.82, 2.24) is 0 Å². The smallest absolute Gasteiger partial charge is 0.00175 e. The summed E-state index contributed by atoms with van der Waals surface area (Å²) in [7, 11) is 0. The maximum atomic E-state index is 5.90. The lowest BCUT2D eigenvalue weighted by atomic mass is 9.50. The first-order chi connectivity index (χ1) is 5.80. The summed E-state index contributed by atoms with van der Waals surface area (Å²) in [6, 6.07) is 0. The average Bonchev–Trinajstić information content (AvgIpc) is 2.02. The van der Waals surface area contributed by atoms with E-state index in [1.807, 2.05) is 0 Å². The van der Waals surface area contributed by atoms with Gasteiger partial charge in [-0.25, -0.2) is 0 Å². The quantitative estimate of drug-likeness (QED) is 0.630. The zero-order valence-corrected chi connectivity index (χ0v) is 7.63. The molecule has 2 N–H and O–H groups in total. The van der Waals surface area contributed by atoms with Gasteiger partial charge in [-0.2, -0.15) is 0 Å². The Kier molecular flexibility index (Phi) is 1.39. The van der Waals surface area contributed by atoms with Gasteiger partial charge in [-0.05, 0) is 68.2 Å². The van der Waals surface area contributed by atoms with E-state index in [1.165, 1.54) is 32.1 Å². The minimum absolute atomic E-state index is 0.495. The van der Waals surface area contributed by atoms with Crippen molar-refractivity contribution >= 4 is 0 Å². The molecule has 0 heterocycles. The fourth-order valence-electron chi connectivity index (χ4n) is 4.19. The van der Waals surface area contributed by atoms with E-state index in [-0.39, 0.29) is 0 Å². The Labute approximate surface area is 74.7 Å². The van der Waals surface area contributed by atoms with Gasteiger partial charge in [-0.3, -0.25) is 0 Å². The second kappa shape index (κ2) is 2.25. The molecule has 0 amide bonds. The summed E-state index contributed by atoms with van der Waals surface area (Å²) in [6.07, 6.45) is 9.93. The van der Waals surface area contributed by atoms with Crippen LogP contribution in [-0.2, 0) is 0 Å². The molecule has 0 aliphatic heterocycles. The van der Waals surface area contributed by atoms with Crippen LogP contribution in [0, 0.1) is 29.6 Å². The summed E-state index contributed by atoms with van der Waals surface area (Å²) in [5, 5.41) is 0. The molecule has 4 saturated carbocycles. The Morgan fingerprint density at radius 1 is 1.17 bits per heavy atom. The monoisotopic (exact) mass is 164 g/mol. The van der Waals surface area contributed by atoms with Crippen LogP contribution >= 0.6 is 0 Å². The van der Waals surface area contributed by atoms with Crippen LogP contribution in [0.5, 0.6) is 0 Å². The van der Waals surface area contributed by atoms with E-state index in [0.29, 0.717) is 5.41 Å². The molecule has 4 rings (SSSR count). The zero-order chi connectivity index (χ0) is 8.18. The average molecular weight is 164 g/mol. The summed E-state index contributed by atoms with van der Waals surface area (Å²) < 4.78 is 0. The van der Waals surface area contributed by atoms with Gasteiger partial charge in [-0.15, -0.1) is 0 Å². The predicted octanol–water partition coefficient (Wildman–Crippen LogP) is 1.98. The molecule has 1 radical (unpaired) electrons. The predicted molar refractivity (Wildman–Crippen MR) is 49.3 cm³/mol. The van der Waals surface area contributed by atoms with Crippen LogP contribution in [0.4, 0.5) is 0 Å². The normalized spacial score (nSPS) is 56.2. The molecule has 1 heteroatoms. The van der Waals surface area contributed by atoms with Crippen molar-refractivity contribution in [1.29, 1.82) is 0 Å². The molecule has 0 aromatic rings. The van der Waals surface area contributed by atoms with Gasteiger partial charge in [-0.1, -0.05) is 0 Å². The summed E-state index contributed by atoms with van der Waals surface area (Å²) in [5.74, 6) is 3.02. The Balaban J connectivity index is 1.90. The van der Waals surface area contributed by atoms with Gasteiger partial charge in [0.2, 0.25) is 0 Å². The van der Waals surface area contributed by atoms with Crippen LogP contribution in [0.15, 0.2) is 0 Å². The number of hydrogen-bond donors (Lipinski definition) is 1. The van der Waals surface area contributed by atoms with Crippen molar-refractivity contribution in [3.63, 3.8) is 0 Å². The molecule has 0 saturated heterocycles.